The van der Waals surface area contributed by atoms with Crippen molar-refractivity contribution in [2.45, 2.75) is 45.2 Å². The topological polar surface area (TPSA) is 41.0 Å². The van der Waals surface area contributed by atoms with Gasteiger partial charge in [0.25, 0.3) is 0 Å². The monoisotopic (exact) mass is 412 g/mol. The average Bonchev–Trinajstić information content (AvgIpc) is 2.77. The molecule has 2 aliphatic heterocycles. The van der Waals surface area contributed by atoms with Crippen LogP contribution in [-0.4, -0.2) is 42.3 Å². The minimum atomic E-state index is 0.0572. The molecule has 6 heteroatoms. The van der Waals surface area contributed by atoms with Crippen LogP contribution in [0.15, 0.2) is 41.5 Å². The van der Waals surface area contributed by atoms with E-state index in [0.717, 1.165) is 48.0 Å². The molecule has 0 spiro atoms. The van der Waals surface area contributed by atoms with Crippen molar-refractivity contribution >= 4 is 23.5 Å². The van der Waals surface area contributed by atoms with Crippen LogP contribution in [-0.2, 0) is 0 Å². The summed E-state index contributed by atoms with van der Waals surface area (Å²) in [5.74, 6) is 0.919. The third-order valence-electron chi connectivity index (χ3n) is 5.60. The first-order chi connectivity index (χ1) is 14.2. The highest BCUT2D eigenvalue weighted by atomic mass is 35.5. The van der Waals surface area contributed by atoms with Gasteiger partial charge in [0.05, 0.1) is 18.2 Å². The summed E-state index contributed by atoms with van der Waals surface area (Å²) in [4.78, 5) is 13.7. The van der Waals surface area contributed by atoms with Crippen molar-refractivity contribution in [2.24, 2.45) is 4.99 Å². The first-order valence-electron chi connectivity index (χ1n) is 10.7. The quantitative estimate of drug-likeness (QED) is 0.514. The molecule has 0 N–H and O–H groups in total. The van der Waals surface area contributed by atoms with Gasteiger partial charge in [-0.15, -0.1) is 0 Å². The number of hydrogen-bond acceptors (Lipinski definition) is 5. The molecule has 0 saturated carbocycles. The van der Waals surface area contributed by atoms with E-state index in [4.69, 9.17) is 21.3 Å². The molecule has 1 fully saturated rings. The fourth-order valence-electron chi connectivity index (χ4n) is 4.02. The molecular formula is C23H29ClN4O. The number of aromatic nitrogens is 1. The molecular weight excluding hydrogens is 384 g/mol. The predicted molar refractivity (Wildman–Crippen MR) is 118 cm³/mol. The van der Waals surface area contributed by atoms with E-state index >= 15 is 0 Å². The van der Waals surface area contributed by atoms with Gasteiger partial charge in [-0.2, -0.15) is 0 Å². The van der Waals surface area contributed by atoms with Crippen LogP contribution in [0.3, 0.4) is 0 Å². The van der Waals surface area contributed by atoms with E-state index < -0.39 is 0 Å². The van der Waals surface area contributed by atoms with Gasteiger partial charge < -0.3 is 14.5 Å². The predicted octanol–water partition coefficient (Wildman–Crippen LogP) is 3.60. The fourth-order valence-corrected chi connectivity index (χ4v) is 4.18. The summed E-state index contributed by atoms with van der Waals surface area (Å²) in [7, 11) is 0. The second-order valence-electron chi connectivity index (χ2n) is 7.72. The van der Waals surface area contributed by atoms with E-state index in [1.807, 2.05) is 18.2 Å². The SMILES string of the molecule is CCC1N=c2cnc(Cl)cc2=CN1c1ccc(OCCCN2CCCCC2)cc1. The van der Waals surface area contributed by atoms with Crippen molar-refractivity contribution in [2.75, 3.05) is 31.1 Å². The molecule has 3 heterocycles. The van der Waals surface area contributed by atoms with Crippen LogP contribution in [0.2, 0.25) is 5.15 Å². The van der Waals surface area contributed by atoms with E-state index in [0.29, 0.717) is 5.15 Å². The van der Waals surface area contributed by atoms with Gasteiger partial charge >= 0.3 is 0 Å². The number of likely N-dealkylation sites (tertiary alicyclic amines) is 1. The van der Waals surface area contributed by atoms with Crippen molar-refractivity contribution in [1.82, 2.24) is 9.88 Å². The number of fused-ring (bicyclic) bond motifs is 1. The maximum Gasteiger partial charge on any atom is 0.129 e. The van der Waals surface area contributed by atoms with Crippen molar-refractivity contribution in [3.63, 3.8) is 0 Å². The fraction of sp³-hybridized carbons (Fsp3) is 0.478. The minimum Gasteiger partial charge on any atom is -0.494 e. The van der Waals surface area contributed by atoms with Crippen LogP contribution in [0.1, 0.15) is 39.0 Å². The number of piperidine rings is 1. The van der Waals surface area contributed by atoms with E-state index in [-0.39, 0.29) is 6.17 Å². The second-order valence-corrected chi connectivity index (χ2v) is 8.11. The number of ether oxygens (including phenoxy) is 1. The molecule has 0 radical (unpaired) electrons. The maximum atomic E-state index is 6.06. The molecule has 5 nitrogen and oxygen atoms in total. The van der Waals surface area contributed by atoms with Crippen molar-refractivity contribution in [3.8, 4) is 5.75 Å². The maximum absolute atomic E-state index is 6.06. The molecule has 1 aromatic heterocycles. The second kappa shape index (κ2) is 9.59. The van der Waals surface area contributed by atoms with Gasteiger partial charge in [0, 0.05) is 23.7 Å². The highest BCUT2D eigenvalue weighted by Gasteiger charge is 2.18. The molecule has 29 heavy (non-hydrogen) atoms. The number of anilines is 1. The van der Waals surface area contributed by atoms with E-state index in [2.05, 4.69) is 40.0 Å². The molecule has 0 bridgehead atoms. The third kappa shape index (κ3) is 5.09. The molecule has 2 aliphatic rings. The van der Waals surface area contributed by atoms with E-state index in [1.54, 1.807) is 6.20 Å². The van der Waals surface area contributed by atoms with E-state index in [9.17, 15) is 0 Å². The zero-order valence-electron chi connectivity index (χ0n) is 17.1. The lowest BCUT2D eigenvalue weighted by atomic mass is 10.1. The Kier molecular flexibility index (Phi) is 6.67. The van der Waals surface area contributed by atoms with Gasteiger partial charge in [0.15, 0.2) is 0 Å². The molecule has 1 saturated heterocycles. The summed E-state index contributed by atoms with van der Waals surface area (Å²) in [5, 5.41) is 2.37. The Morgan fingerprint density at radius 1 is 1.14 bits per heavy atom. The lowest BCUT2D eigenvalue weighted by Gasteiger charge is -2.29. The van der Waals surface area contributed by atoms with Crippen molar-refractivity contribution in [3.05, 3.63) is 52.3 Å². The summed E-state index contributed by atoms with van der Waals surface area (Å²) in [6.45, 7) is 6.53. The standard InChI is InChI=1S/C23H29ClN4O/c1-2-23-26-21-16-25-22(24)15-18(21)17-28(23)19-7-9-20(10-8-19)29-14-6-13-27-11-4-3-5-12-27/h7-10,15-17,23H,2-6,11-14H2,1H3. The van der Waals surface area contributed by atoms with Gasteiger partial charge in [0.2, 0.25) is 0 Å². The normalized spacial score (nSPS) is 19.2. The Bertz CT molecular complexity index is 925. The summed E-state index contributed by atoms with van der Waals surface area (Å²) in [5.41, 5.74) is 1.10. The van der Waals surface area contributed by atoms with E-state index in [1.165, 1.54) is 32.4 Å². The Morgan fingerprint density at radius 3 is 2.69 bits per heavy atom. The van der Waals surface area contributed by atoms with Gasteiger partial charge in [-0.05, 0) is 69.1 Å². The largest absolute Gasteiger partial charge is 0.494 e. The van der Waals surface area contributed by atoms with Crippen molar-refractivity contribution in [1.29, 1.82) is 0 Å². The Morgan fingerprint density at radius 2 is 1.93 bits per heavy atom. The smallest absolute Gasteiger partial charge is 0.129 e. The number of nitrogens with zero attached hydrogens (tertiary/aromatic N) is 4. The van der Waals surface area contributed by atoms with Crippen molar-refractivity contribution < 1.29 is 4.74 Å². The Labute approximate surface area is 177 Å². The number of benzene rings is 1. The molecule has 4 rings (SSSR count). The Balaban J connectivity index is 1.38. The number of rotatable bonds is 7. The number of halogens is 1. The summed E-state index contributed by atoms with van der Waals surface area (Å²) < 4.78 is 5.96. The molecule has 0 aliphatic carbocycles. The number of hydrogen-bond donors (Lipinski definition) is 0. The summed E-state index contributed by atoms with van der Waals surface area (Å²) in [6, 6.07) is 10.2. The van der Waals surface area contributed by atoms with Crippen LogP contribution in [0.5, 0.6) is 5.75 Å². The third-order valence-corrected chi connectivity index (χ3v) is 5.81. The minimum absolute atomic E-state index is 0.0572. The van der Waals surface area contributed by atoms with Gasteiger partial charge in [-0.1, -0.05) is 24.9 Å². The first kappa shape index (κ1) is 20.2. The molecule has 1 unspecified atom stereocenters. The molecule has 0 amide bonds. The van der Waals surface area contributed by atoms with Gasteiger partial charge in [-0.25, -0.2) is 4.98 Å². The van der Waals surface area contributed by atoms with Gasteiger partial charge in [0.1, 0.15) is 17.1 Å². The van der Waals surface area contributed by atoms with Crippen LogP contribution < -0.4 is 20.2 Å². The molecule has 154 valence electrons. The van der Waals surface area contributed by atoms with Crippen LogP contribution >= 0.6 is 11.6 Å². The lowest BCUT2D eigenvalue weighted by molar-refractivity contribution is 0.205. The van der Waals surface area contributed by atoms with Crippen LogP contribution in [0, 0.1) is 0 Å². The molecule has 1 aromatic carbocycles. The highest BCUT2D eigenvalue weighted by molar-refractivity contribution is 6.29. The van der Waals surface area contributed by atoms with Crippen LogP contribution in [0.4, 0.5) is 5.69 Å². The van der Waals surface area contributed by atoms with Crippen LogP contribution in [0.25, 0.3) is 6.20 Å². The summed E-state index contributed by atoms with van der Waals surface area (Å²) in [6.07, 6.45) is 9.96. The number of pyridine rings is 1. The van der Waals surface area contributed by atoms with Gasteiger partial charge in [-0.3, -0.25) is 4.99 Å². The zero-order chi connectivity index (χ0) is 20.1. The summed E-state index contributed by atoms with van der Waals surface area (Å²) >= 11 is 6.06. The zero-order valence-corrected chi connectivity index (χ0v) is 17.8. The average molecular weight is 413 g/mol. The molecule has 1 atom stereocenters. The lowest BCUT2D eigenvalue weighted by Crippen LogP contribution is -2.42. The highest BCUT2D eigenvalue weighted by Crippen LogP contribution is 2.24. The molecule has 2 aromatic rings. The Hall–Kier alpha value is -2.11. The first-order valence-corrected chi connectivity index (χ1v) is 11.1.